The van der Waals surface area contributed by atoms with Crippen LogP contribution in [0.1, 0.15) is 51.6 Å². The summed E-state index contributed by atoms with van der Waals surface area (Å²) in [6, 6.07) is 2.87. The highest BCUT2D eigenvalue weighted by atomic mass is 32.1. The summed E-state index contributed by atoms with van der Waals surface area (Å²) in [6.07, 6.45) is 3.61. The third kappa shape index (κ3) is 2.56. The van der Waals surface area contributed by atoms with Crippen molar-refractivity contribution in [2.24, 2.45) is 5.73 Å². The van der Waals surface area contributed by atoms with Gasteiger partial charge in [-0.15, -0.1) is 0 Å². The summed E-state index contributed by atoms with van der Waals surface area (Å²) >= 11 is 1.77. The first-order valence-electron chi connectivity index (χ1n) is 6.60. The van der Waals surface area contributed by atoms with Gasteiger partial charge in [0.2, 0.25) is 0 Å². The first-order valence-corrected chi connectivity index (χ1v) is 7.55. The molecule has 0 saturated carbocycles. The van der Waals surface area contributed by atoms with Gasteiger partial charge in [0.1, 0.15) is 0 Å². The summed E-state index contributed by atoms with van der Waals surface area (Å²) in [6.45, 7) is 8.07. The predicted molar refractivity (Wildman–Crippen MR) is 75.3 cm³/mol. The number of nitrogens with two attached hydrogens (primary N) is 1. The highest BCUT2D eigenvalue weighted by Crippen LogP contribution is 2.38. The van der Waals surface area contributed by atoms with Crippen molar-refractivity contribution in [1.82, 2.24) is 4.90 Å². The van der Waals surface area contributed by atoms with Crippen molar-refractivity contribution >= 4 is 11.3 Å². The zero-order chi connectivity index (χ0) is 12.5. The van der Waals surface area contributed by atoms with E-state index in [2.05, 4.69) is 42.5 Å². The van der Waals surface area contributed by atoms with E-state index in [4.69, 9.17) is 5.73 Å². The quantitative estimate of drug-likeness (QED) is 0.890. The largest absolute Gasteiger partial charge is 0.326 e. The van der Waals surface area contributed by atoms with Crippen LogP contribution in [0.5, 0.6) is 0 Å². The lowest BCUT2D eigenvalue weighted by Crippen LogP contribution is -2.47. The molecule has 1 saturated heterocycles. The zero-order valence-corrected chi connectivity index (χ0v) is 12.0. The second kappa shape index (κ2) is 5.09. The van der Waals surface area contributed by atoms with Gasteiger partial charge < -0.3 is 5.73 Å². The molecular weight excluding hydrogens is 228 g/mol. The maximum atomic E-state index is 6.37. The van der Waals surface area contributed by atoms with Gasteiger partial charge in [-0.25, -0.2) is 0 Å². The smallest absolute Gasteiger partial charge is 0.0512 e. The third-order valence-corrected chi connectivity index (χ3v) is 4.76. The molecule has 0 aromatic carbocycles. The van der Waals surface area contributed by atoms with Crippen LogP contribution in [0.25, 0.3) is 0 Å². The van der Waals surface area contributed by atoms with E-state index >= 15 is 0 Å². The average Bonchev–Trinajstić information content (AvgIpc) is 2.90. The Morgan fingerprint density at radius 3 is 2.76 bits per heavy atom. The molecule has 0 radical (unpaired) electrons. The molecule has 1 aliphatic heterocycles. The van der Waals surface area contributed by atoms with Gasteiger partial charge in [0.15, 0.2) is 0 Å². The minimum absolute atomic E-state index is 0.238. The van der Waals surface area contributed by atoms with Gasteiger partial charge in [-0.2, -0.15) is 11.3 Å². The van der Waals surface area contributed by atoms with E-state index in [9.17, 15) is 0 Å². The monoisotopic (exact) mass is 252 g/mol. The van der Waals surface area contributed by atoms with Crippen molar-refractivity contribution in [1.29, 1.82) is 0 Å². The number of rotatable bonds is 4. The lowest BCUT2D eigenvalue weighted by Gasteiger charge is -2.41. The molecule has 0 aliphatic carbocycles. The maximum absolute atomic E-state index is 6.37. The van der Waals surface area contributed by atoms with Crippen LogP contribution >= 0.6 is 11.3 Å². The number of nitrogens with zero attached hydrogens (tertiary/aromatic N) is 1. The molecule has 3 heteroatoms. The Hall–Kier alpha value is -0.380. The fraction of sp³-hybridized carbons (Fsp3) is 0.714. The lowest BCUT2D eigenvalue weighted by atomic mass is 9.93. The lowest BCUT2D eigenvalue weighted by molar-refractivity contribution is 0.0967. The van der Waals surface area contributed by atoms with Crippen LogP contribution in [0, 0.1) is 0 Å². The van der Waals surface area contributed by atoms with Crippen LogP contribution < -0.4 is 5.73 Å². The van der Waals surface area contributed by atoms with E-state index in [1.165, 1.54) is 24.9 Å². The van der Waals surface area contributed by atoms with Gasteiger partial charge >= 0.3 is 0 Å². The van der Waals surface area contributed by atoms with Gasteiger partial charge in [-0.05, 0) is 62.0 Å². The normalized spacial score (nSPS) is 23.8. The van der Waals surface area contributed by atoms with Crippen molar-refractivity contribution in [3.05, 3.63) is 22.4 Å². The SMILES string of the molecule is CCC(N)C(c1ccsc1)N1CCCC1(C)C. The molecule has 1 fully saturated rings. The molecule has 2 atom stereocenters. The topological polar surface area (TPSA) is 29.3 Å². The summed E-state index contributed by atoms with van der Waals surface area (Å²) in [5, 5.41) is 4.42. The Bertz CT molecular complexity index is 345. The molecule has 0 spiro atoms. The van der Waals surface area contributed by atoms with Crippen molar-refractivity contribution in [2.75, 3.05) is 6.54 Å². The van der Waals surface area contributed by atoms with Crippen LogP contribution in [0.2, 0.25) is 0 Å². The molecule has 1 aromatic rings. The molecule has 17 heavy (non-hydrogen) atoms. The van der Waals surface area contributed by atoms with Crippen LogP contribution in [0.4, 0.5) is 0 Å². The van der Waals surface area contributed by atoms with Crippen LogP contribution in [-0.4, -0.2) is 23.0 Å². The second-order valence-electron chi connectivity index (χ2n) is 5.68. The molecule has 2 heterocycles. The highest BCUT2D eigenvalue weighted by Gasteiger charge is 2.39. The summed E-state index contributed by atoms with van der Waals surface area (Å²) in [4.78, 5) is 2.61. The molecule has 0 bridgehead atoms. The van der Waals surface area contributed by atoms with Crippen molar-refractivity contribution in [2.45, 2.75) is 57.7 Å². The fourth-order valence-electron chi connectivity index (χ4n) is 2.97. The summed E-state index contributed by atoms with van der Waals surface area (Å²) in [5.41, 5.74) is 8.07. The van der Waals surface area contributed by atoms with Crippen molar-refractivity contribution in [3.8, 4) is 0 Å². The highest BCUT2D eigenvalue weighted by molar-refractivity contribution is 7.07. The Kier molecular flexibility index (Phi) is 3.91. The zero-order valence-electron chi connectivity index (χ0n) is 11.1. The van der Waals surface area contributed by atoms with Crippen LogP contribution in [-0.2, 0) is 0 Å². The molecule has 0 amide bonds. The van der Waals surface area contributed by atoms with Crippen molar-refractivity contribution in [3.63, 3.8) is 0 Å². The number of thiophene rings is 1. The molecule has 2 unspecified atom stereocenters. The third-order valence-electron chi connectivity index (χ3n) is 4.06. The molecule has 2 N–H and O–H groups in total. The van der Waals surface area contributed by atoms with E-state index in [0.717, 1.165) is 6.42 Å². The first kappa shape index (κ1) is 13.1. The molecule has 2 rings (SSSR count). The van der Waals surface area contributed by atoms with E-state index in [0.29, 0.717) is 11.6 Å². The van der Waals surface area contributed by atoms with Gasteiger partial charge in [0.25, 0.3) is 0 Å². The van der Waals surface area contributed by atoms with E-state index < -0.39 is 0 Å². The van der Waals surface area contributed by atoms with Crippen molar-refractivity contribution < 1.29 is 0 Å². The number of hydrogen-bond acceptors (Lipinski definition) is 3. The van der Waals surface area contributed by atoms with Gasteiger partial charge in [-0.1, -0.05) is 6.92 Å². The summed E-state index contributed by atoms with van der Waals surface area (Å²) in [7, 11) is 0. The maximum Gasteiger partial charge on any atom is 0.0512 e. The number of likely N-dealkylation sites (tertiary alicyclic amines) is 1. The summed E-state index contributed by atoms with van der Waals surface area (Å²) in [5.74, 6) is 0. The van der Waals surface area contributed by atoms with Crippen LogP contribution in [0.3, 0.4) is 0 Å². The number of hydrogen-bond donors (Lipinski definition) is 1. The molecule has 96 valence electrons. The average molecular weight is 252 g/mol. The standard InChI is InChI=1S/C14H24N2S/c1-4-12(15)13(11-6-9-17-10-11)16-8-5-7-14(16,2)3/h6,9-10,12-13H,4-5,7-8,15H2,1-3H3. The Morgan fingerprint density at radius 2 is 2.29 bits per heavy atom. The fourth-order valence-corrected chi connectivity index (χ4v) is 3.66. The van der Waals surface area contributed by atoms with E-state index in [-0.39, 0.29) is 6.04 Å². The van der Waals surface area contributed by atoms with E-state index in [1.54, 1.807) is 11.3 Å². The van der Waals surface area contributed by atoms with Crippen LogP contribution in [0.15, 0.2) is 16.8 Å². The second-order valence-corrected chi connectivity index (χ2v) is 6.46. The minimum Gasteiger partial charge on any atom is -0.326 e. The van der Waals surface area contributed by atoms with Gasteiger partial charge in [0.05, 0.1) is 6.04 Å². The Labute approximate surface area is 109 Å². The molecular formula is C14H24N2S. The molecule has 2 nitrogen and oxygen atoms in total. The molecule has 1 aliphatic rings. The van der Waals surface area contributed by atoms with Gasteiger partial charge in [0, 0.05) is 11.6 Å². The predicted octanol–water partition coefficient (Wildman–Crippen LogP) is 3.40. The van der Waals surface area contributed by atoms with E-state index in [1.807, 2.05) is 0 Å². The molecule has 1 aromatic heterocycles. The van der Waals surface area contributed by atoms with Gasteiger partial charge in [-0.3, -0.25) is 4.90 Å². The first-order chi connectivity index (χ1) is 8.06. The minimum atomic E-state index is 0.238. The Balaban J connectivity index is 2.28. The summed E-state index contributed by atoms with van der Waals surface area (Å²) < 4.78 is 0. The Morgan fingerprint density at radius 1 is 1.53 bits per heavy atom.